The number of hydrogen-bond donors (Lipinski definition) is 1. The number of methoxy groups -OCH3 is 1. The van der Waals surface area contributed by atoms with E-state index in [1.165, 1.54) is 19.4 Å². The Kier molecular flexibility index (Phi) is 6.09. The summed E-state index contributed by atoms with van der Waals surface area (Å²) in [5, 5.41) is 5.75. The van der Waals surface area contributed by atoms with Gasteiger partial charge in [0.2, 0.25) is 16.4 Å². The molecule has 0 unspecified atom stereocenters. The molecule has 0 aliphatic carbocycles. The number of aromatic amines is 1. The number of alkyl halides is 3. The van der Waals surface area contributed by atoms with Crippen LogP contribution >= 0.6 is 23.8 Å². The van der Waals surface area contributed by atoms with Crippen molar-refractivity contribution in [1.29, 1.82) is 0 Å². The van der Waals surface area contributed by atoms with E-state index >= 15 is 0 Å². The highest BCUT2D eigenvalue weighted by atomic mass is 35.5. The fourth-order valence-electron chi connectivity index (χ4n) is 2.18. The summed E-state index contributed by atoms with van der Waals surface area (Å²) in [5.74, 6) is -0.346. The van der Waals surface area contributed by atoms with Crippen LogP contribution in [-0.2, 0) is 16.7 Å². The van der Waals surface area contributed by atoms with Gasteiger partial charge >= 0.3 is 11.4 Å². The number of hydrogen-bond acceptors (Lipinski definition) is 7. The molecule has 0 aliphatic rings. The van der Waals surface area contributed by atoms with Crippen LogP contribution < -0.4 is 4.74 Å². The average Bonchev–Trinajstić information content (AvgIpc) is 3.31. The highest BCUT2D eigenvalue weighted by Crippen LogP contribution is 2.30. The summed E-state index contributed by atoms with van der Waals surface area (Å²) in [6.07, 6.45) is 1.32. The largest absolute Gasteiger partial charge is 0.486 e. The Bertz CT molecular complexity index is 1090. The Balaban J connectivity index is 1.64. The van der Waals surface area contributed by atoms with Gasteiger partial charge < -0.3 is 13.9 Å². The molecular formula is C17H13ClF2N4O4S. The Hall–Kier alpha value is -3.05. The minimum Gasteiger partial charge on any atom is -0.486 e. The van der Waals surface area contributed by atoms with Crippen molar-refractivity contribution in [3.05, 3.63) is 64.1 Å². The molecule has 1 aromatic carbocycles. The molecule has 0 bridgehead atoms. The van der Waals surface area contributed by atoms with Crippen LogP contribution in [0.4, 0.5) is 8.78 Å². The van der Waals surface area contributed by atoms with Crippen molar-refractivity contribution in [3.8, 4) is 5.75 Å². The molecule has 0 atom stereocenters. The molecule has 0 aliphatic heterocycles. The van der Waals surface area contributed by atoms with E-state index in [9.17, 15) is 13.6 Å². The van der Waals surface area contributed by atoms with Gasteiger partial charge in [-0.1, -0.05) is 0 Å². The molecule has 2 heterocycles. The second-order valence-electron chi connectivity index (χ2n) is 5.52. The van der Waals surface area contributed by atoms with E-state index in [4.69, 9.17) is 33.0 Å². The molecule has 0 spiro atoms. The lowest BCUT2D eigenvalue weighted by atomic mass is 10.2. The Morgan fingerprint density at radius 2 is 2.10 bits per heavy atom. The maximum atomic E-state index is 13.3. The molecule has 0 radical (unpaired) electrons. The van der Waals surface area contributed by atoms with Gasteiger partial charge in [0.25, 0.3) is 0 Å². The van der Waals surface area contributed by atoms with Crippen LogP contribution in [0, 0.1) is 4.77 Å². The molecule has 0 saturated heterocycles. The quantitative estimate of drug-likeness (QED) is 0.256. The molecule has 12 heteroatoms. The van der Waals surface area contributed by atoms with E-state index in [1.807, 2.05) is 0 Å². The van der Waals surface area contributed by atoms with E-state index < -0.39 is 17.2 Å². The smallest absolute Gasteiger partial charge is 0.383 e. The van der Waals surface area contributed by atoms with Crippen LogP contribution in [0.15, 0.2) is 45.9 Å². The zero-order valence-electron chi connectivity index (χ0n) is 14.8. The van der Waals surface area contributed by atoms with Crippen molar-refractivity contribution >= 4 is 36.0 Å². The number of furan rings is 1. The van der Waals surface area contributed by atoms with Gasteiger partial charge in [0.05, 0.1) is 13.3 Å². The Morgan fingerprint density at radius 1 is 1.38 bits per heavy atom. The standard InChI is InChI=1S/C17H13ClF2N4O4S/c1-26-14(25)13-7-6-12(28-13)9-27-11-4-2-10(3-5-11)8-21-24-15(17(18,19)20)22-23-16(24)29/h2-8H,9H2,1H3,(H,23,29). The molecule has 2 aromatic heterocycles. The first-order valence-electron chi connectivity index (χ1n) is 7.97. The van der Waals surface area contributed by atoms with Gasteiger partial charge in [-0.05, 0) is 65.8 Å². The molecule has 152 valence electrons. The highest BCUT2D eigenvalue weighted by molar-refractivity contribution is 7.71. The van der Waals surface area contributed by atoms with Crippen LogP contribution in [0.5, 0.6) is 5.75 Å². The number of rotatable bonds is 7. The molecule has 0 fully saturated rings. The van der Waals surface area contributed by atoms with Crippen molar-refractivity contribution in [1.82, 2.24) is 14.9 Å². The van der Waals surface area contributed by atoms with E-state index in [-0.39, 0.29) is 17.1 Å². The third-order valence-electron chi connectivity index (χ3n) is 3.54. The summed E-state index contributed by atoms with van der Waals surface area (Å²) in [7, 11) is 1.26. The first kappa shape index (κ1) is 20.7. The van der Waals surface area contributed by atoms with Crippen molar-refractivity contribution in [2.75, 3.05) is 7.11 Å². The number of esters is 1. The number of carbonyl (C=O) groups excluding carboxylic acids is 1. The molecule has 0 amide bonds. The number of aromatic nitrogens is 3. The number of halogens is 3. The van der Waals surface area contributed by atoms with Gasteiger partial charge in [0.15, 0.2) is 0 Å². The number of nitrogens with zero attached hydrogens (tertiary/aromatic N) is 3. The van der Waals surface area contributed by atoms with Crippen LogP contribution in [0.2, 0.25) is 0 Å². The van der Waals surface area contributed by atoms with E-state index in [1.54, 1.807) is 30.3 Å². The van der Waals surface area contributed by atoms with E-state index in [0.29, 0.717) is 17.1 Å². The minimum atomic E-state index is -3.72. The first-order chi connectivity index (χ1) is 13.8. The number of H-pyrrole nitrogens is 1. The summed E-state index contributed by atoms with van der Waals surface area (Å²) < 4.78 is 42.6. The normalized spacial score (nSPS) is 11.7. The molecule has 3 rings (SSSR count). The zero-order valence-corrected chi connectivity index (χ0v) is 16.3. The average molecular weight is 443 g/mol. The van der Waals surface area contributed by atoms with Gasteiger partial charge in [0.1, 0.15) is 18.1 Å². The monoisotopic (exact) mass is 442 g/mol. The van der Waals surface area contributed by atoms with Crippen molar-refractivity contribution in [2.24, 2.45) is 5.10 Å². The highest BCUT2D eigenvalue weighted by Gasteiger charge is 2.35. The summed E-state index contributed by atoms with van der Waals surface area (Å²) in [4.78, 5) is 11.4. The molecular weight excluding hydrogens is 430 g/mol. The first-order valence-corrected chi connectivity index (χ1v) is 8.75. The minimum absolute atomic E-state index is 0.0809. The second kappa shape index (κ2) is 8.53. The topological polar surface area (TPSA) is 94.6 Å². The van der Waals surface area contributed by atoms with E-state index in [0.717, 1.165) is 4.68 Å². The van der Waals surface area contributed by atoms with Crippen molar-refractivity contribution in [2.45, 2.75) is 12.0 Å². The van der Waals surface area contributed by atoms with Crippen molar-refractivity contribution in [3.63, 3.8) is 0 Å². The summed E-state index contributed by atoms with van der Waals surface area (Å²) in [6, 6.07) is 9.70. The van der Waals surface area contributed by atoms with Gasteiger partial charge in [-0.2, -0.15) is 18.6 Å². The Labute approximate surface area is 172 Å². The second-order valence-corrected chi connectivity index (χ2v) is 6.38. The van der Waals surface area contributed by atoms with Gasteiger partial charge in [-0.3, -0.25) is 0 Å². The van der Waals surface area contributed by atoms with Gasteiger partial charge in [0, 0.05) is 0 Å². The molecule has 1 N–H and O–H groups in total. The summed E-state index contributed by atoms with van der Waals surface area (Å²) in [5.41, 5.74) is 0.593. The number of nitrogens with one attached hydrogen (secondary N) is 1. The predicted octanol–water partition coefficient (Wildman–Crippen LogP) is 4.07. The maximum Gasteiger partial charge on any atom is 0.383 e. The molecule has 3 aromatic rings. The van der Waals surface area contributed by atoms with Gasteiger partial charge in [-0.15, -0.1) is 5.10 Å². The molecule has 8 nitrogen and oxygen atoms in total. The molecule has 29 heavy (non-hydrogen) atoms. The number of ether oxygens (including phenoxy) is 2. The number of carbonyl (C=O) groups is 1. The summed E-state index contributed by atoms with van der Waals surface area (Å²) >= 11 is 9.85. The van der Waals surface area contributed by atoms with Crippen LogP contribution in [-0.4, -0.2) is 34.2 Å². The van der Waals surface area contributed by atoms with Crippen molar-refractivity contribution < 1.29 is 27.5 Å². The van der Waals surface area contributed by atoms with Crippen LogP contribution in [0.3, 0.4) is 0 Å². The fraction of sp³-hybridized carbons (Fsp3) is 0.176. The van der Waals surface area contributed by atoms with Crippen LogP contribution in [0.1, 0.15) is 27.7 Å². The van der Waals surface area contributed by atoms with Gasteiger partial charge in [-0.25, -0.2) is 9.89 Å². The lowest BCUT2D eigenvalue weighted by Crippen LogP contribution is -2.11. The Morgan fingerprint density at radius 3 is 2.76 bits per heavy atom. The summed E-state index contributed by atoms with van der Waals surface area (Å²) in [6.45, 7) is 0.1000. The third-order valence-corrected chi connectivity index (χ3v) is 3.97. The predicted molar refractivity (Wildman–Crippen MR) is 101 cm³/mol. The van der Waals surface area contributed by atoms with E-state index in [2.05, 4.69) is 20.0 Å². The SMILES string of the molecule is COC(=O)c1ccc(COc2ccc(C=Nn3c(C(F)(F)Cl)n[nH]c3=S)cc2)o1. The lowest BCUT2D eigenvalue weighted by molar-refractivity contribution is 0.0560. The maximum absolute atomic E-state index is 13.3. The third kappa shape index (κ3) is 5.06. The fourth-order valence-corrected chi connectivity index (χ4v) is 2.48. The van der Waals surface area contributed by atoms with Crippen LogP contribution in [0.25, 0.3) is 0 Å². The molecule has 0 saturated carbocycles. The number of benzene rings is 1. The lowest BCUT2D eigenvalue weighted by Gasteiger charge is -2.06. The zero-order chi connectivity index (χ0) is 21.0.